The van der Waals surface area contributed by atoms with Gasteiger partial charge in [-0.2, -0.15) is 0 Å². The van der Waals surface area contributed by atoms with Crippen LogP contribution in [0, 0.1) is 5.41 Å². The first-order chi connectivity index (χ1) is 9.48. The lowest BCUT2D eigenvalue weighted by Crippen LogP contribution is -2.36. The SMILES string of the molecule is CCOC(=O)C(C)(C)C(=O)OCCCc1ccccc1. The molecule has 0 spiro atoms. The van der Waals surface area contributed by atoms with Gasteiger partial charge in [0.15, 0.2) is 5.41 Å². The van der Waals surface area contributed by atoms with Crippen molar-refractivity contribution >= 4 is 11.9 Å². The summed E-state index contributed by atoms with van der Waals surface area (Å²) in [5.41, 5.74) is -0.0452. The van der Waals surface area contributed by atoms with Crippen LogP contribution in [0.2, 0.25) is 0 Å². The van der Waals surface area contributed by atoms with Gasteiger partial charge in [0.25, 0.3) is 0 Å². The lowest BCUT2D eigenvalue weighted by atomic mass is 9.94. The summed E-state index contributed by atoms with van der Waals surface area (Å²) in [6.45, 7) is 5.30. The van der Waals surface area contributed by atoms with Crippen molar-refractivity contribution in [1.82, 2.24) is 0 Å². The number of hydrogen-bond donors (Lipinski definition) is 0. The van der Waals surface area contributed by atoms with Gasteiger partial charge in [0.1, 0.15) is 0 Å². The summed E-state index contributed by atoms with van der Waals surface area (Å²) in [5.74, 6) is -1.09. The van der Waals surface area contributed by atoms with Crippen molar-refractivity contribution < 1.29 is 19.1 Å². The van der Waals surface area contributed by atoms with Crippen LogP contribution in [-0.2, 0) is 25.5 Å². The van der Waals surface area contributed by atoms with E-state index in [1.165, 1.54) is 19.4 Å². The van der Waals surface area contributed by atoms with E-state index in [1.54, 1.807) is 6.92 Å². The van der Waals surface area contributed by atoms with Crippen molar-refractivity contribution in [3.63, 3.8) is 0 Å². The van der Waals surface area contributed by atoms with Crippen molar-refractivity contribution in [3.8, 4) is 0 Å². The molecule has 0 saturated heterocycles. The molecule has 1 aromatic rings. The minimum absolute atomic E-state index is 0.254. The maximum absolute atomic E-state index is 11.9. The molecule has 110 valence electrons. The summed E-state index contributed by atoms with van der Waals surface area (Å²) < 4.78 is 10.0. The van der Waals surface area contributed by atoms with E-state index >= 15 is 0 Å². The number of aryl methyl sites for hydroxylation is 1. The molecular formula is C16H22O4. The molecule has 0 atom stereocenters. The second kappa shape index (κ2) is 7.68. The quantitative estimate of drug-likeness (QED) is 0.437. The zero-order chi connectivity index (χ0) is 15.0. The predicted octanol–water partition coefficient (Wildman–Crippen LogP) is 2.75. The average Bonchev–Trinajstić information content (AvgIpc) is 2.44. The van der Waals surface area contributed by atoms with E-state index in [0.717, 1.165) is 12.8 Å². The second-order valence-electron chi connectivity index (χ2n) is 5.07. The van der Waals surface area contributed by atoms with Gasteiger partial charge in [0.2, 0.25) is 0 Å². The zero-order valence-electron chi connectivity index (χ0n) is 12.3. The molecule has 0 saturated carbocycles. The van der Waals surface area contributed by atoms with Gasteiger partial charge in [-0.3, -0.25) is 9.59 Å². The van der Waals surface area contributed by atoms with Crippen LogP contribution in [0.3, 0.4) is 0 Å². The summed E-state index contributed by atoms with van der Waals surface area (Å²) >= 11 is 0. The van der Waals surface area contributed by atoms with Gasteiger partial charge in [-0.1, -0.05) is 30.3 Å². The molecule has 4 nitrogen and oxygen atoms in total. The smallest absolute Gasteiger partial charge is 0.322 e. The Morgan fingerprint density at radius 1 is 1.05 bits per heavy atom. The lowest BCUT2D eigenvalue weighted by Gasteiger charge is -2.20. The van der Waals surface area contributed by atoms with Gasteiger partial charge < -0.3 is 9.47 Å². The Kier molecular flexibility index (Phi) is 6.22. The number of carbonyl (C=O) groups is 2. The van der Waals surface area contributed by atoms with Gasteiger partial charge in [-0.15, -0.1) is 0 Å². The molecule has 0 unspecified atom stereocenters. The van der Waals surface area contributed by atoms with Gasteiger partial charge in [-0.05, 0) is 39.2 Å². The summed E-state index contributed by atoms with van der Waals surface area (Å²) in [5, 5.41) is 0. The minimum Gasteiger partial charge on any atom is -0.465 e. The molecule has 0 aliphatic rings. The molecule has 0 heterocycles. The molecule has 4 heteroatoms. The molecule has 0 bridgehead atoms. The predicted molar refractivity (Wildman–Crippen MR) is 76.1 cm³/mol. The molecule has 0 aliphatic heterocycles. The molecule has 0 fully saturated rings. The Labute approximate surface area is 120 Å². The van der Waals surface area contributed by atoms with Crippen molar-refractivity contribution in [1.29, 1.82) is 0 Å². The van der Waals surface area contributed by atoms with Gasteiger partial charge in [0.05, 0.1) is 13.2 Å². The van der Waals surface area contributed by atoms with Gasteiger partial charge >= 0.3 is 11.9 Å². The highest BCUT2D eigenvalue weighted by Crippen LogP contribution is 2.19. The minimum atomic E-state index is -1.25. The Morgan fingerprint density at radius 3 is 2.25 bits per heavy atom. The Hall–Kier alpha value is -1.84. The third kappa shape index (κ3) is 4.68. The van der Waals surface area contributed by atoms with Crippen LogP contribution in [0.4, 0.5) is 0 Å². The van der Waals surface area contributed by atoms with E-state index in [1.807, 2.05) is 30.3 Å². The van der Waals surface area contributed by atoms with Crippen LogP contribution in [0.1, 0.15) is 32.8 Å². The summed E-state index contributed by atoms with van der Waals surface area (Å²) in [4.78, 5) is 23.5. The summed E-state index contributed by atoms with van der Waals surface area (Å²) in [6, 6.07) is 9.98. The van der Waals surface area contributed by atoms with Crippen molar-refractivity contribution in [2.75, 3.05) is 13.2 Å². The van der Waals surface area contributed by atoms with Crippen molar-refractivity contribution in [2.45, 2.75) is 33.6 Å². The molecule has 0 aromatic heterocycles. The fourth-order valence-electron chi connectivity index (χ4n) is 1.66. The molecule has 0 radical (unpaired) electrons. The van der Waals surface area contributed by atoms with E-state index in [-0.39, 0.29) is 6.61 Å². The van der Waals surface area contributed by atoms with E-state index in [4.69, 9.17) is 9.47 Å². The topological polar surface area (TPSA) is 52.6 Å². The highest BCUT2D eigenvalue weighted by Gasteiger charge is 2.39. The number of benzene rings is 1. The summed E-state index contributed by atoms with van der Waals surface area (Å²) in [6.07, 6.45) is 1.57. The molecule has 0 N–H and O–H groups in total. The van der Waals surface area contributed by atoms with Crippen LogP contribution in [0.25, 0.3) is 0 Å². The highest BCUT2D eigenvalue weighted by molar-refractivity contribution is 5.99. The number of carbonyl (C=O) groups excluding carboxylic acids is 2. The zero-order valence-corrected chi connectivity index (χ0v) is 12.3. The molecule has 1 rings (SSSR count). The monoisotopic (exact) mass is 278 g/mol. The molecule has 1 aromatic carbocycles. The Bertz CT molecular complexity index is 437. The fourth-order valence-corrected chi connectivity index (χ4v) is 1.66. The standard InChI is InChI=1S/C16H22O4/c1-4-19-14(17)16(2,3)15(18)20-12-8-11-13-9-6-5-7-10-13/h5-7,9-10H,4,8,11-12H2,1-3H3. The number of esters is 2. The molecule has 20 heavy (non-hydrogen) atoms. The van der Waals surface area contributed by atoms with Crippen molar-refractivity contribution in [3.05, 3.63) is 35.9 Å². The van der Waals surface area contributed by atoms with Crippen LogP contribution in [-0.4, -0.2) is 25.2 Å². The Balaban J connectivity index is 2.34. The van der Waals surface area contributed by atoms with Crippen molar-refractivity contribution in [2.24, 2.45) is 5.41 Å². The number of rotatable bonds is 7. The third-order valence-electron chi connectivity index (χ3n) is 2.98. The van der Waals surface area contributed by atoms with Crippen LogP contribution in [0.15, 0.2) is 30.3 Å². The fraction of sp³-hybridized carbons (Fsp3) is 0.500. The maximum atomic E-state index is 11.9. The first-order valence-electron chi connectivity index (χ1n) is 6.87. The average molecular weight is 278 g/mol. The maximum Gasteiger partial charge on any atom is 0.322 e. The lowest BCUT2D eigenvalue weighted by molar-refractivity contribution is -0.169. The highest BCUT2D eigenvalue weighted by atomic mass is 16.6. The second-order valence-corrected chi connectivity index (χ2v) is 5.07. The van der Waals surface area contributed by atoms with Gasteiger partial charge in [0, 0.05) is 0 Å². The van der Waals surface area contributed by atoms with Crippen LogP contribution < -0.4 is 0 Å². The molecule has 0 amide bonds. The van der Waals surface area contributed by atoms with Gasteiger partial charge in [-0.25, -0.2) is 0 Å². The van der Waals surface area contributed by atoms with Crippen LogP contribution >= 0.6 is 0 Å². The first kappa shape index (κ1) is 16.2. The molecule has 0 aliphatic carbocycles. The normalized spacial score (nSPS) is 10.9. The van der Waals surface area contributed by atoms with E-state index < -0.39 is 17.4 Å². The number of ether oxygens (including phenoxy) is 2. The summed E-state index contributed by atoms with van der Waals surface area (Å²) in [7, 11) is 0. The first-order valence-corrected chi connectivity index (χ1v) is 6.87. The largest absolute Gasteiger partial charge is 0.465 e. The Morgan fingerprint density at radius 2 is 1.65 bits per heavy atom. The van der Waals surface area contributed by atoms with E-state index in [9.17, 15) is 9.59 Å². The molecular weight excluding hydrogens is 256 g/mol. The van der Waals surface area contributed by atoms with Crippen LogP contribution in [0.5, 0.6) is 0 Å². The third-order valence-corrected chi connectivity index (χ3v) is 2.98. The van der Waals surface area contributed by atoms with E-state index in [2.05, 4.69) is 0 Å². The number of hydrogen-bond acceptors (Lipinski definition) is 4. The van der Waals surface area contributed by atoms with E-state index in [0.29, 0.717) is 6.61 Å².